The third-order valence-electron chi connectivity index (χ3n) is 3.56. The lowest BCUT2D eigenvalue weighted by Crippen LogP contribution is -2.21. The zero-order valence-electron chi connectivity index (χ0n) is 13.2. The first kappa shape index (κ1) is 16.1. The number of benzene rings is 1. The van der Waals surface area contributed by atoms with Crippen LogP contribution in [0.3, 0.4) is 0 Å². The van der Waals surface area contributed by atoms with Gasteiger partial charge in [-0.3, -0.25) is 14.6 Å². The highest BCUT2D eigenvalue weighted by Crippen LogP contribution is 2.28. The number of nitrogens with zero attached hydrogens (tertiary/aromatic N) is 1. The van der Waals surface area contributed by atoms with Crippen molar-refractivity contribution in [2.75, 3.05) is 0 Å². The molecule has 3 aromatic rings. The third kappa shape index (κ3) is 3.75. The highest BCUT2D eigenvalue weighted by atomic mass is 32.1. The summed E-state index contributed by atoms with van der Waals surface area (Å²) in [5.41, 5.74) is 2.57. The van der Waals surface area contributed by atoms with Gasteiger partial charge in [-0.25, -0.2) is 0 Å². The molecular weight excluding hydrogens is 320 g/mol. The highest BCUT2D eigenvalue weighted by molar-refractivity contribution is 7.17. The molecule has 120 valence electrons. The Morgan fingerprint density at radius 3 is 2.75 bits per heavy atom. The first-order valence-corrected chi connectivity index (χ1v) is 8.33. The van der Waals surface area contributed by atoms with Gasteiger partial charge in [0.1, 0.15) is 0 Å². The number of carbonyl (C=O) groups excluding carboxylic acids is 2. The maximum absolute atomic E-state index is 12.3. The fraction of sp³-hybridized carbons (Fsp3) is 0.105. The number of carbonyl (C=O) groups is 2. The van der Waals surface area contributed by atoms with Crippen LogP contribution in [0.5, 0.6) is 0 Å². The summed E-state index contributed by atoms with van der Waals surface area (Å²) in [6.07, 6.45) is 3.43. The Balaban J connectivity index is 1.72. The van der Waals surface area contributed by atoms with Crippen molar-refractivity contribution in [3.63, 3.8) is 0 Å². The average Bonchev–Trinajstić information content (AvgIpc) is 3.11. The van der Waals surface area contributed by atoms with Crippen molar-refractivity contribution in [1.82, 2.24) is 10.3 Å². The predicted octanol–water partition coefficient (Wildman–Crippen LogP) is 3.94. The summed E-state index contributed by atoms with van der Waals surface area (Å²) in [6.45, 7) is 1.99. The predicted molar refractivity (Wildman–Crippen MR) is 95.2 cm³/mol. The third-order valence-corrected chi connectivity index (χ3v) is 4.69. The quantitative estimate of drug-likeness (QED) is 0.718. The second-order valence-electron chi connectivity index (χ2n) is 5.34. The first-order chi connectivity index (χ1) is 11.6. The van der Waals surface area contributed by atoms with E-state index in [4.69, 9.17) is 0 Å². The van der Waals surface area contributed by atoms with Gasteiger partial charge in [-0.15, -0.1) is 11.3 Å². The Bertz CT molecular complexity index is 872. The number of hydrogen-bond acceptors (Lipinski definition) is 4. The Morgan fingerprint density at radius 2 is 2.00 bits per heavy atom. The molecule has 1 N–H and O–H groups in total. The minimum Gasteiger partial charge on any atom is -0.347 e. The van der Waals surface area contributed by atoms with Crippen molar-refractivity contribution >= 4 is 23.0 Å². The molecule has 24 heavy (non-hydrogen) atoms. The molecule has 0 aliphatic rings. The van der Waals surface area contributed by atoms with Gasteiger partial charge in [0, 0.05) is 29.4 Å². The largest absolute Gasteiger partial charge is 0.347 e. The number of hydrogen-bond donors (Lipinski definition) is 1. The zero-order chi connectivity index (χ0) is 16.9. The lowest BCUT2D eigenvalue weighted by atomic mass is 10.1. The van der Waals surface area contributed by atoms with E-state index in [0.717, 1.165) is 16.0 Å². The molecule has 0 spiro atoms. The van der Waals surface area contributed by atoms with Crippen molar-refractivity contribution in [3.8, 4) is 10.4 Å². The van der Waals surface area contributed by atoms with Gasteiger partial charge in [0.2, 0.25) is 0 Å². The topological polar surface area (TPSA) is 59.1 Å². The Hall–Kier alpha value is -2.79. The number of pyridine rings is 1. The summed E-state index contributed by atoms with van der Waals surface area (Å²) in [4.78, 5) is 29.4. The van der Waals surface area contributed by atoms with Crippen molar-refractivity contribution in [2.45, 2.75) is 13.5 Å². The lowest BCUT2D eigenvalue weighted by molar-refractivity contribution is 0.0954. The van der Waals surface area contributed by atoms with Crippen LogP contribution in [0.4, 0.5) is 0 Å². The van der Waals surface area contributed by atoms with Crippen molar-refractivity contribution in [2.24, 2.45) is 0 Å². The molecule has 0 atom stereocenters. The maximum Gasteiger partial charge on any atom is 0.261 e. The van der Waals surface area contributed by atoms with Gasteiger partial charge in [0.25, 0.3) is 5.91 Å². The SMILES string of the molecule is CC(=O)c1cccc(-c2ccc(C(=O)NCc3cccnc3)s2)c1. The van der Waals surface area contributed by atoms with Crippen LogP contribution in [0.1, 0.15) is 32.5 Å². The summed E-state index contributed by atoms with van der Waals surface area (Å²) in [5, 5.41) is 2.89. The molecule has 1 aromatic carbocycles. The number of thiophene rings is 1. The molecule has 1 amide bonds. The molecule has 0 saturated heterocycles. The molecule has 0 aliphatic heterocycles. The number of Topliss-reactive ketones (excluding diaryl/α,β-unsaturated/α-hetero) is 1. The number of ketones is 1. The van der Waals surface area contributed by atoms with E-state index in [9.17, 15) is 9.59 Å². The van der Waals surface area contributed by atoms with Crippen LogP contribution in [-0.2, 0) is 6.54 Å². The molecule has 5 heteroatoms. The van der Waals surface area contributed by atoms with Gasteiger partial charge >= 0.3 is 0 Å². The van der Waals surface area contributed by atoms with Gasteiger partial charge in [0.05, 0.1) is 4.88 Å². The average molecular weight is 336 g/mol. The normalized spacial score (nSPS) is 10.4. The van der Waals surface area contributed by atoms with E-state index < -0.39 is 0 Å². The zero-order valence-corrected chi connectivity index (χ0v) is 14.0. The maximum atomic E-state index is 12.3. The van der Waals surface area contributed by atoms with Gasteiger partial charge in [-0.1, -0.05) is 24.3 Å². The molecule has 2 aromatic heterocycles. The first-order valence-electron chi connectivity index (χ1n) is 7.52. The second-order valence-corrected chi connectivity index (χ2v) is 6.43. The molecule has 0 fully saturated rings. The summed E-state index contributed by atoms with van der Waals surface area (Å²) in [6, 6.07) is 14.9. The highest BCUT2D eigenvalue weighted by Gasteiger charge is 2.11. The Morgan fingerprint density at radius 1 is 1.12 bits per heavy atom. The van der Waals surface area contributed by atoms with Crippen LogP contribution in [0.15, 0.2) is 60.9 Å². The molecule has 0 aliphatic carbocycles. The molecular formula is C19H16N2O2S. The van der Waals surface area contributed by atoms with Crippen LogP contribution in [-0.4, -0.2) is 16.7 Å². The minimum absolute atomic E-state index is 0.0304. The summed E-state index contributed by atoms with van der Waals surface area (Å²) >= 11 is 1.41. The van der Waals surface area contributed by atoms with Gasteiger partial charge in [-0.05, 0) is 42.3 Å². The van der Waals surface area contributed by atoms with Crippen molar-refractivity contribution < 1.29 is 9.59 Å². The van der Waals surface area contributed by atoms with Gasteiger partial charge < -0.3 is 5.32 Å². The number of rotatable bonds is 5. The minimum atomic E-state index is -0.113. The van der Waals surface area contributed by atoms with Crippen LogP contribution in [0.25, 0.3) is 10.4 Å². The molecule has 4 nitrogen and oxygen atoms in total. The van der Waals surface area contributed by atoms with Crippen LogP contribution in [0, 0.1) is 0 Å². The van der Waals surface area contributed by atoms with E-state index in [1.165, 1.54) is 11.3 Å². The summed E-state index contributed by atoms with van der Waals surface area (Å²) in [7, 11) is 0. The molecule has 0 unspecified atom stereocenters. The Labute approximate surface area is 144 Å². The molecule has 0 bridgehead atoms. The fourth-order valence-corrected chi connectivity index (χ4v) is 3.20. The monoisotopic (exact) mass is 336 g/mol. The van der Waals surface area contributed by atoms with Crippen LogP contribution in [0.2, 0.25) is 0 Å². The molecule has 2 heterocycles. The molecule has 3 rings (SSSR count). The molecule has 0 radical (unpaired) electrons. The van der Waals surface area contributed by atoms with E-state index in [1.807, 2.05) is 36.4 Å². The van der Waals surface area contributed by atoms with E-state index in [1.54, 1.807) is 31.5 Å². The summed E-state index contributed by atoms with van der Waals surface area (Å²) < 4.78 is 0. The smallest absolute Gasteiger partial charge is 0.261 e. The van der Waals surface area contributed by atoms with Crippen molar-refractivity contribution in [3.05, 3.63) is 76.9 Å². The molecule has 0 saturated carbocycles. The van der Waals surface area contributed by atoms with Gasteiger partial charge in [-0.2, -0.15) is 0 Å². The standard InChI is InChI=1S/C19H16N2O2S/c1-13(22)15-5-2-6-16(10-15)17-7-8-18(24-17)19(23)21-12-14-4-3-9-20-11-14/h2-11H,12H2,1H3,(H,21,23). The van der Waals surface area contributed by atoms with E-state index in [0.29, 0.717) is 17.0 Å². The van der Waals surface area contributed by atoms with Crippen LogP contribution < -0.4 is 5.32 Å². The van der Waals surface area contributed by atoms with E-state index >= 15 is 0 Å². The second kappa shape index (κ2) is 7.19. The number of nitrogens with one attached hydrogen (secondary N) is 1. The lowest BCUT2D eigenvalue weighted by Gasteiger charge is -2.03. The van der Waals surface area contributed by atoms with E-state index in [-0.39, 0.29) is 11.7 Å². The fourth-order valence-electron chi connectivity index (χ4n) is 2.28. The van der Waals surface area contributed by atoms with Crippen molar-refractivity contribution in [1.29, 1.82) is 0 Å². The van der Waals surface area contributed by atoms with Gasteiger partial charge in [0.15, 0.2) is 5.78 Å². The summed E-state index contributed by atoms with van der Waals surface area (Å²) in [5.74, 6) is -0.0827. The Kier molecular flexibility index (Phi) is 4.82. The van der Waals surface area contributed by atoms with Crippen LogP contribution >= 0.6 is 11.3 Å². The van der Waals surface area contributed by atoms with E-state index in [2.05, 4.69) is 10.3 Å². The number of amides is 1. The number of aromatic nitrogens is 1.